The summed E-state index contributed by atoms with van der Waals surface area (Å²) in [5.41, 5.74) is 10.3. The number of carbonyl (C=O) groups is 3. The maximum Gasteiger partial charge on any atom is 0.248 e. The highest BCUT2D eigenvalue weighted by Crippen LogP contribution is 2.40. The van der Waals surface area contributed by atoms with Crippen LogP contribution in [0.15, 0.2) is 95.7 Å². The molecule has 18 heteroatoms. The lowest BCUT2D eigenvalue weighted by molar-refractivity contribution is -0.142. The quantitative estimate of drug-likeness (QED) is 0.0960. The normalized spacial score (nSPS) is 19.9. The molecule has 2 fully saturated rings. The number of fused-ring (bicyclic) bond motifs is 3. The van der Waals surface area contributed by atoms with E-state index in [1.165, 1.54) is 9.78 Å². The Morgan fingerprint density at radius 3 is 2.42 bits per heavy atom. The summed E-state index contributed by atoms with van der Waals surface area (Å²) in [6.07, 6.45) is 4.20. The van der Waals surface area contributed by atoms with Crippen LogP contribution in [0.1, 0.15) is 96.1 Å². The third kappa shape index (κ3) is 9.80. The molecule has 1 aliphatic carbocycles. The molecule has 3 aromatic carbocycles. The highest BCUT2D eigenvalue weighted by atomic mass is 35.5. The summed E-state index contributed by atoms with van der Waals surface area (Å²) in [5.74, 6) is 1.17. The first-order valence-corrected chi connectivity index (χ1v) is 26.0. The molecule has 0 unspecified atom stereocenters. The van der Waals surface area contributed by atoms with Gasteiger partial charge in [-0.3, -0.25) is 28.6 Å². The number of thiazole rings is 1. The number of aryl methyl sites for hydroxylation is 3. The number of β-amino-alcohol motifs (C(OH)–C–C–N with tert-alkyl or cyclic N) is 1. The van der Waals surface area contributed by atoms with E-state index in [2.05, 4.69) is 44.8 Å². The number of hydrogen-bond acceptors (Lipinski definition) is 12. The number of halogens is 1. The second-order valence-electron chi connectivity index (χ2n) is 19.1. The molecular formula is C53H55ClN10O5S2. The van der Waals surface area contributed by atoms with Crippen molar-refractivity contribution in [2.24, 2.45) is 10.9 Å². The molecule has 1 saturated heterocycles. The van der Waals surface area contributed by atoms with Crippen LogP contribution >= 0.6 is 34.3 Å². The van der Waals surface area contributed by atoms with Gasteiger partial charge in [-0.15, -0.1) is 32.9 Å². The van der Waals surface area contributed by atoms with Gasteiger partial charge >= 0.3 is 0 Å². The number of likely N-dealkylation sites (tertiary alicyclic amines) is 1. The first kappa shape index (κ1) is 48.1. The van der Waals surface area contributed by atoms with Crippen molar-refractivity contribution in [2.75, 3.05) is 6.54 Å². The van der Waals surface area contributed by atoms with Gasteiger partial charge in [0.1, 0.15) is 40.8 Å². The Morgan fingerprint density at radius 1 is 0.930 bits per heavy atom. The zero-order valence-electron chi connectivity index (χ0n) is 40.3. The molecule has 15 nitrogen and oxygen atoms in total. The average molecular weight is 1010 g/mol. The van der Waals surface area contributed by atoms with Crippen molar-refractivity contribution in [2.45, 2.75) is 110 Å². The molecule has 2 aliphatic heterocycles. The van der Waals surface area contributed by atoms with Crippen LogP contribution in [-0.4, -0.2) is 93.8 Å². The van der Waals surface area contributed by atoms with Crippen molar-refractivity contribution in [1.29, 1.82) is 0 Å². The minimum Gasteiger partial charge on any atom is -0.490 e. The fraction of sp³-hybridized carbons (Fsp3) is 0.358. The Labute approximate surface area is 425 Å². The molecule has 4 atom stereocenters. The number of carbonyl (C=O) groups excluding carboxylic acids is 3. The largest absolute Gasteiger partial charge is 0.490 e. The van der Waals surface area contributed by atoms with E-state index >= 15 is 0 Å². The molecule has 0 spiro atoms. The predicted octanol–water partition coefficient (Wildman–Crippen LogP) is 8.69. The lowest BCUT2D eigenvalue weighted by atomic mass is 9.89. The van der Waals surface area contributed by atoms with Gasteiger partial charge in [0.25, 0.3) is 0 Å². The highest BCUT2D eigenvalue weighted by molar-refractivity contribution is 7.15. The van der Waals surface area contributed by atoms with Crippen LogP contribution in [0.3, 0.4) is 0 Å². The standard InChI is InChI=1S/C53H55ClN10O5S2/c1-28(2)48(52(68)62-26-40(65)21-44(62)51(67)55-23-33-10-12-35(13-11-33)49-30(4)56-27-70-49)63-25-37(24-57-63)36-8-7-9-41(18-36)69-42-19-39(20-42)58-45(66)22-43-50-61-60-32(6)64(50)53-46(29(3)31(5)71-53)47(59-43)34-14-16-38(54)17-15-34/h7-18,24-25,27-28,39-40,42-44,48,65H,19-23,26H2,1-6H3,(H,55,67)(H,58,66)/t39?,40-,42?,43+,44+,48-/m1/s1. The Bertz CT molecular complexity index is 3150. The van der Waals surface area contributed by atoms with Gasteiger partial charge in [0.15, 0.2) is 5.82 Å². The third-order valence-electron chi connectivity index (χ3n) is 13.7. The Kier molecular flexibility index (Phi) is 13.5. The van der Waals surface area contributed by atoms with E-state index in [0.717, 1.165) is 66.1 Å². The summed E-state index contributed by atoms with van der Waals surface area (Å²) in [6.45, 7) is 12.4. The van der Waals surface area contributed by atoms with Crippen LogP contribution in [0.4, 0.5) is 0 Å². The van der Waals surface area contributed by atoms with Crippen LogP contribution < -0.4 is 15.4 Å². The van der Waals surface area contributed by atoms with Crippen molar-refractivity contribution in [3.63, 3.8) is 0 Å². The van der Waals surface area contributed by atoms with E-state index < -0.39 is 24.2 Å². The van der Waals surface area contributed by atoms with E-state index in [9.17, 15) is 19.5 Å². The summed E-state index contributed by atoms with van der Waals surface area (Å²) in [4.78, 5) is 55.1. The van der Waals surface area contributed by atoms with E-state index in [1.54, 1.807) is 33.6 Å². The van der Waals surface area contributed by atoms with Gasteiger partial charge in [0.2, 0.25) is 17.7 Å². The Hall–Kier alpha value is -6.53. The van der Waals surface area contributed by atoms with Crippen molar-refractivity contribution in [3.8, 4) is 32.3 Å². The van der Waals surface area contributed by atoms with Crippen LogP contribution in [0.2, 0.25) is 5.02 Å². The summed E-state index contributed by atoms with van der Waals surface area (Å²) in [6, 6.07) is 21.2. The molecule has 0 radical (unpaired) electrons. The molecule has 4 aromatic heterocycles. The fourth-order valence-corrected chi connectivity index (χ4v) is 11.9. The predicted molar refractivity (Wildman–Crippen MR) is 275 cm³/mol. The van der Waals surface area contributed by atoms with E-state index in [-0.39, 0.29) is 55.2 Å². The van der Waals surface area contributed by atoms with Gasteiger partial charge in [0.05, 0.1) is 40.5 Å². The molecule has 71 heavy (non-hydrogen) atoms. The van der Waals surface area contributed by atoms with Gasteiger partial charge in [-0.25, -0.2) is 4.98 Å². The molecule has 3 N–H and O–H groups in total. The topological polar surface area (TPSA) is 182 Å². The number of hydrogen-bond donors (Lipinski definition) is 3. The summed E-state index contributed by atoms with van der Waals surface area (Å²) < 4.78 is 10.1. The van der Waals surface area contributed by atoms with Crippen LogP contribution in [0.25, 0.3) is 26.6 Å². The summed E-state index contributed by atoms with van der Waals surface area (Å²) in [7, 11) is 0. The SMILES string of the molecule is Cc1ncsc1-c1ccc(CNC(=O)[C@@H]2C[C@@H](O)CN2C(=O)[C@@H](C(C)C)n2cc(-c3cccc(OC4CC(NC(=O)C[C@@H]5N=C(c6ccc(Cl)cc6)c6c(sc(C)c6C)-n6c(C)nnc65)C4)c3)cn2)cc1. The first-order valence-electron chi connectivity index (χ1n) is 23.9. The zero-order valence-corrected chi connectivity index (χ0v) is 42.7. The monoisotopic (exact) mass is 1010 g/mol. The number of benzene rings is 3. The van der Waals surface area contributed by atoms with E-state index in [1.807, 2.05) is 117 Å². The number of aliphatic hydroxyl groups excluding tert-OH is 1. The van der Waals surface area contributed by atoms with Crippen molar-refractivity contribution < 1.29 is 24.2 Å². The van der Waals surface area contributed by atoms with Gasteiger partial charge in [-0.05, 0) is 80.1 Å². The molecule has 0 bridgehead atoms. The van der Waals surface area contributed by atoms with Gasteiger partial charge in [0, 0.05) is 71.2 Å². The lowest BCUT2D eigenvalue weighted by Crippen LogP contribution is -2.49. The number of nitrogens with zero attached hydrogens (tertiary/aromatic N) is 8. The molecule has 3 amide bonds. The first-order chi connectivity index (χ1) is 34.2. The van der Waals surface area contributed by atoms with Crippen LogP contribution in [0, 0.1) is 33.6 Å². The fourth-order valence-electron chi connectivity index (χ4n) is 9.79. The molecule has 366 valence electrons. The third-order valence-corrected chi connectivity index (χ3v) is 16.2. The minimum atomic E-state index is -0.823. The van der Waals surface area contributed by atoms with Gasteiger partial charge < -0.3 is 25.4 Å². The maximum absolute atomic E-state index is 14.4. The van der Waals surface area contributed by atoms with E-state index in [4.69, 9.17) is 21.3 Å². The van der Waals surface area contributed by atoms with E-state index in [0.29, 0.717) is 36.0 Å². The van der Waals surface area contributed by atoms with Crippen molar-refractivity contribution >= 4 is 57.7 Å². The zero-order chi connectivity index (χ0) is 49.7. The maximum atomic E-state index is 14.4. The number of aliphatic imine (C=N–C) groups is 1. The second kappa shape index (κ2) is 19.9. The molecule has 3 aliphatic rings. The Morgan fingerprint density at radius 2 is 1.69 bits per heavy atom. The van der Waals surface area contributed by atoms with Crippen molar-refractivity contribution in [3.05, 3.63) is 140 Å². The van der Waals surface area contributed by atoms with Crippen LogP contribution in [0.5, 0.6) is 5.75 Å². The number of amides is 3. The summed E-state index contributed by atoms with van der Waals surface area (Å²) >= 11 is 9.55. The number of aliphatic hydroxyl groups is 1. The Balaban J connectivity index is 0.757. The number of ether oxygens (including phenoxy) is 1. The highest BCUT2D eigenvalue weighted by Gasteiger charge is 2.43. The number of thiophene rings is 1. The smallest absolute Gasteiger partial charge is 0.248 e. The molecular weight excluding hydrogens is 956 g/mol. The molecule has 1 saturated carbocycles. The number of rotatable bonds is 14. The second-order valence-corrected chi connectivity index (χ2v) is 21.6. The minimum absolute atomic E-state index is 0.0585. The molecule has 10 rings (SSSR count). The molecule has 7 aromatic rings. The lowest BCUT2D eigenvalue weighted by Gasteiger charge is -2.36. The molecule has 6 heterocycles. The van der Waals surface area contributed by atoms with Crippen molar-refractivity contribution in [1.82, 2.24) is 45.1 Å². The van der Waals surface area contributed by atoms with Gasteiger partial charge in [-0.1, -0.05) is 74.0 Å². The summed E-state index contributed by atoms with van der Waals surface area (Å²) in [5, 5.41) is 32.2. The van der Waals surface area contributed by atoms with Crippen LogP contribution in [-0.2, 0) is 20.9 Å². The number of aromatic nitrogens is 6. The van der Waals surface area contributed by atoms with Gasteiger partial charge in [-0.2, -0.15) is 5.10 Å². The average Bonchev–Trinajstić information content (AvgIpc) is 4.19. The number of nitrogens with one attached hydrogen (secondary N) is 2.